The van der Waals surface area contributed by atoms with Crippen LogP contribution in [0.3, 0.4) is 0 Å². The van der Waals surface area contributed by atoms with Crippen molar-refractivity contribution in [2.75, 3.05) is 43.4 Å². The minimum absolute atomic E-state index is 0.0230. The molecule has 0 bridgehead atoms. The van der Waals surface area contributed by atoms with Crippen molar-refractivity contribution in [2.45, 2.75) is 70.3 Å². The van der Waals surface area contributed by atoms with Gasteiger partial charge in [-0.15, -0.1) is 0 Å². The maximum atomic E-state index is 15.2. The number of nitriles is 1. The molecule has 1 spiro atoms. The molecule has 10 rings (SSSR count). The third-order valence-corrected chi connectivity index (χ3v) is 17.9. The summed E-state index contributed by atoms with van der Waals surface area (Å²) in [7, 11) is 0.738. The number of fused-ring (bicyclic) bond motifs is 2. The van der Waals surface area contributed by atoms with Crippen LogP contribution in [-0.4, -0.2) is 104 Å². The molecule has 0 radical (unpaired) electrons. The first-order valence-electron chi connectivity index (χ1n) is 23.9. The van der Waals surface area contributed by atoms with Gasteiger partial charge < -0.3 is 28.8 Å². The molecule has 70 heavy (non-hydrogen) atoms. The van der Waals surface area contributed by atoms with Crippen LogP contribution in [0.15, 0.2) is 97.1 Å². The van der Waals surface area contributed by atoms with Crippen molar-refractivity contribution in [2.24, 2.45) is 14.1 Å². The van der Waals surface area contributed by atoms with E-state index in [9.17, 15) is 23.6 Å². The summed E-state index contributed by atoms with van der Waals surface area (Å²) < 4.78 is 33.4. The van der Waals surface area contributed by atoms with Crippen LogP contribution in [0.4, 0.5) is 11.4 Å². The van der Waals surface area contributed by atoms with Gasteiger partial charge in [0.2, 0.25) is 5.91 Å². The Labute approximate surface area is 408 Å². The van der Waals surface area contributed by atoms with Gasteiger partial charge in [-0.25, -0.2) is 8.42 Å². The lowest BCUT2D eigenvalue weighted by atomic mass is 9.89. The fourth-order valence-electron chi connectivity index (χ4n) is 10.7. The lowest BCUT2D eigenvalue weighted by Crippen LogP contribution is -2.71. The molecule has 1 atom stereocenters. The van der Waals surface area contributed by atoms with E-state index in [-0.39, 0.29) is 35.9 Å². The number of phenolic OH excluding ortho intramolecular Hbond substituents is 1. The summed E-state index contributed by atoms with van der Waals surface area (Å²) in [5.41, 5.74) is 10.2. The molecule has 0 saturated carbocycles. The molecular formula is C55H57N7O7S. The van der Waals surface area contributed by atoms with E-state index < -0.39 is 14.6 Å². The van der Waals surface area contributed by atoms with Gasteiger partial charge in [0.1, 0.15) is 29.9 Å². The van der Waals surface area contributed by atoms with Crippen LogP contribution in [0.25, 0.3) is 11.3 Å². The highest BCUT2D eigenvalue weighted by Gasteiger charge is 2.59. The van der Waals surface area contributed by atoms with Crippen LogP contribution in [-0.2, 0) is 61.1 Å². The SMILES string of the molecule is Cc1c(N(C(=O)c2cc(-c3cc4c(cc3C(=O)N3Cc5ccccc5C[C@H]3C)CN(C(=O)Cc3ccc(OCCN5CC6(CCS6(=O)=O)C5)cc3)CC4)n(C)c2C)c2ccc(O)cc2)cc(C#N)n1C. The summed E-state index contributed by atoms with van der Waals surface area (Å²) in [6, 6.07) is 31.8. The minimum Gasteiger partial charge on any atom is -0.508 e. The summed E-state index contributed by atoms with van der Waals surface area (Å²) in [5, 5.41) is 20.1. The molecule has 6 aromatic rings. The highest BCUT2D eigenvalue weighted by Crippen LogP contribution is 2.42. The number of likely N-dealkylation sites (tertiary alicyclic amines) is 1. The first kappa shape index (κ1) is 46.6. The normalized spacial score (nSPS) is 17.7. The Morgan fingerprint density at radius 3 is 2.26 bits per heavy atom. The predicted molar refractivity (Wildman–Crippen MR) is 267 cm³/mol. The third-order valence-electron chi connectivity index (χ3n) is 15.4. The van der Waals surface area contributed by atoms with E-state index in [4.69, 9.17) is 4.74 Å². The van der Waals surface area contributed by atoms with E-state index in [1.54, 1.807) is 34.7 Å². The Hall–Kier alpha value is -7.15. The maximum Gasteiger partial charge on any atom is 0.264 e. The zero-order valence-corrected chi connectivity index (χ0v) is 41.1. The van der Waals surface area contributed by atoms with E-state index >= 15 is 9.59 Å². The molecule has 15 heteroatoms. The Morgan fingerprint density at radius 1 is 0.857 bits per heavy atom. The van der Waals surface area contributed by atoms with Crippen molar-refractivity contribution in [1.82, 2.24) is 23.8 Å². The molecule has 2 saturated heterocycles. The van der Waals surface area contributed by atoms with Crippen molar-refractivity contribution >= 4 is 38.9 Å². The van der Waals surface area contributed by atoms with Crippen molar-refractivity contribution < 1.29 is 32.6 Å². The molecule has 2 fully saturated rings. The minimum atomic E-state index is -2.94. The number of nitrogens with zero attached hydrogens (tertiary/aromatic N) is 7. The Bertz CT molecular complexity index is 3230. The van der Waals surface area contributed by atoms with Gasteiger partial charge in [-0.2, -0.15) is 5.26 Å². The van der Waals surface area contributed by atoms with Gasteiger partial charge in [0, 0.05) is 93.3 Å². The molecule has 0 aliphatic carbocycles. The Kier molecular flexibility index (Phi) is 12.0. The highest BCUT2D eigenvalue weighted by atomic mass is 32.2. The second-order valence-corrected chi connectivity index (χ2v) is 22.0. The molecular weight excluding hydrogens is 903 g/mol. The fraction of sp³-hybridized carbons (Fsp3) is 0.345. The first-order chi connectivity index (χ1) is 33.5. The van der Waals surface area contributed by atoms with Crippen LogP contribution in [0.5, 0.6) is 11.5 Å². The van der Waals surface area contributed by atoms with Crippen LogP contribution in [0, 0.1) is 25.2 Å². The summed E-state index contributed by atoms with van der Waals surface area (Å²) in [6.45, 7) is 9.34. The number of ether oxygens (including phenoxy) is 1. The van der Waals surface area contributed by atoms with Crippen molar-refractivity contribution in [1.29, 1.82) is 5.26 Å². The second kappa shape index (κ2) is 18.0. The monoisotopic (exact) mass is 959 g/mol. The van der Waals surface area contributed by atoms with Crippen LogP contribution in [0.1, 0.15) is 79.0 Å². The fourth-order valence-corrected chi connectivity index (χ4v) is 12.6. The molecule has 4 aliphatic rings. The van der Waals surface area contributed by atoms with Crippen molar-refractivity contribution in [3.8, 4) is 28.8 Å². The van der Waals surface area contributed by atoms with Gasteiger partial charge >= 0.3 is 0 Å². The molecule has 360 valence electrons. The van der Waals surface area contributed by atoms with Gasteiger partial charge in [-0.1, -0.05) is 36.4 Å². The number of amides is 3. The zero-order valence-electron chi connectivity index (χ0n) is 40.2. The summed E-state index contributed by atoms with van der Waals surface area (Å²) in [5.74, 6) is 0.546. The molecule has 2 aromatic heterocycles. The molecule has 14 nitrogen and oxygen atoms in total. The maximum absolute atomic E-state index is 15.2. The van der Waals surface area contributed by atoms with E-state index in [1.807, 2.05) is 83.8 Å². The molecule has 6 heterocycles. The lowest BCUT2D eigenvalue weighted by Gasteiger charge is -2.54. The first-order valence-corrected chi connectivity index (χ1v) is 25.5. The topological polar surface area (TPSA) is 161 Å². The molecule has 4 aliphatic heterocycles. The number of sulfone groups is 1. The number of anilines is 2. The molecule has 3 amide bonds. The van der Waals surface area contributed by atoms with Crippen molar-refractivity contribution in [3.63, 3.8) is 0 Å². The summed E-state index contributed by atoms with van der Waals surface area (Å²) in [6.07, 6.45) is 2.24. The van der Waals surface area contributed by atoms with Crippen LogP contribution in [0.2, 0.25) is 0 Å². The third kappa shape index (κ3) is 8.22. The highest BCUT2D eigenvalue weighted by molar-refractivity contribution is 7.94. The number of aromatic nitrogens is 2. The standard InChI is InChI=1S/C55H57N7O7S/c1-35-24-39-8-6-7-9-41(39)32-61(35)53(65)49-27-42-31-60(52(64)25-38-10-16-46(17-11-38)69-22-21-59-33-55(34-59)19-23-70(55,67)68)20-18-40(42)26-48(49)51-29-47(36(2)58(51)5)54(66)62(43-12-14-45(63)15-13-43)50-28-44(30-56)57(4)37(50)3/h6-17,26-29,35,63H,18-25,31-34H2,1-5H3/t35-/m1/s1. The summed E-state index contributed by atoms with van der Waals surface area (Å²) in [4.78, 5) is 51.7. The largest absolute Gasteiger partial charge is 0.508 e. The quantitative estimate of drug-likeness (QED) is 0.142. The number of aromatic hydroxyl groups is 1. The van der Waals surface area contributed by atoms with E-state index in [1.165, 1.54) is 17.7 Å². The van der Waals surface area contributed by atoms with Gasteiger partial charge in [0.25, 0.3) is 11.8 Å². The lowest BCUT2D eigenvalue weighted by molar-refractivity contribution is -0.131. The van der Waals surface area contributed by atoms with Gasteiger partial charge in [-0.05, 0) is 129 Å². The van der Waals surface area contributed by atoms with Gasteiger partial charge in [0.15, 0.2) is 9.84 Å². The summed E-state index contributed by atoms with van der Waals surface area (Å²) >= 11 is 0. The number of rotatable bonds is 11. The van der Waals surface area contributed by atoms with Crippen LogP contribution >= 0.6 is 0 Å². The number of phenols is 1. The Morgan fingerprint density at radius 2 is 1.59 bits per heavy atom. The van der Waals surface area contributed by atoms with E-state index in [0.717, 1.165) is 28.7 Å². The van der Waals surface area contributed by atoms with Crippen molar-refractivity contribution in [3.05, 3.63) is 153 Å². The van der Waals surface area contributed by atoms with E-state index in [0.29, 0.717) is 121 Å². The number of hydrogen-bond acceptors (Lipinski definition) is 9. The second-order valence-electron chi connectivity index (χ2n) is 19.5. The Balaban J connectivity index is 0.922. The zero-order chi connectivity index (χ0) is 49.2. The number of hydrogen-bond donors (Lipinski definition) is 1. The molecule has 1 N–H and O–H groups in total. The van der Waals surface area contributed by atoms with E-state index in [2.05, 4.69) is 36.1 Å². The average Bonchev–Trinajstić information content (AvgIpc) is 3.80. The number of benzene rings is 4. The van der Waals surface area contributed by atoms with Gasteiger partial charge in [-0.3, -0.25) is 24.2 Å². The number of carbonyl (C=O) groups excluding carboxylic acids is 3. The predicted octanol–water partition coefficient (Wildman–Crippen LogP) is 7.17. The van der Waals surface area contributed by atoms with Crippen LogP contribution < -0.4 is 9.64 Å². The average molecular weight is 960 g/mol. The number of carbonyl (C=O) groups is 3. The smallest absolute Gasteiger partial charge is 0.264 e. The van der Waals surface area contributed by atoms with Gasteiger partial charge in [0.05, 0.1) is 28.2 Å². The molecule has 0 unspecified atom stereocenters. The molecule has 4 aromatic carbocycles.